The number of aromatic nitrogens is 3. The number of nitrogens with one attached hydrogen (secondary N) is 1. The summed E-state index contributed by atoms with van der Waals surface area (Å²) in [5.41, 5.74) is 2.68. The molecule has 0 saturated carbocycles. The minimum atomic E-state index is -2.91. The van der Waals surface area contributed by atoms with Gasteiger partial charge in [0, 0.05) is 41.1 Å². The standard InChI is InChI=1S/C26H21F2N5O3/c1-15-7-9-32(25(15)35)18-4-5-21-20(12-18)24(30-14-29-21)31-17-3-6-22(16(2)11-17)36-19-8-10-33(26(27)28)23(34)13-19/h3-6,8,10-14,26H,1,7,9H2,2H3,(H,29,30,31). The number of amides is 1. The molecule has 1 amide bonds. The van der Waals surface area contributed by atoms with Crippen molar-refractivity contribution in [2.24, 2.45) is 0 Å². The fraction of sp³-hybridized carbons (Fsp3) is 0.154. The van der Waals surface area contributed by atoms with Gasteiger partial charge in [-0.15, -0.1) is 0 Å². The zero-order valence-corrected chi connectivity index (χ0v) is 19.2. The van der Waals surface area contributed by atoms with E-state index in [1.165, 1.54) is 12.4 Å². The van der Waals surface area contributed by atoms with Crippen molar-refractivity contribution in [1.82, 2.24) is 14.5 Å². The molecule has 0 radical (unpaired) electrons. The van der Waals surface area contributed by atoms with Crippen LogP contribution in [0.15, 0.2) is 78.0 Å². The van der Waals surface area contributed by atoms with Crippen molar-refractivity contribution < 1.29 is 18.3 Å². The summed E-state index contributed by atoms with van der Waals surface area (Å²) in [6.45, 7) is 3.31. The molecule has 10 heteroatoms. The number of carbonyl (C=O) groups excluding carboxylic acids is 1. The zero-order chi connectivity index (χ0) is 25.4. The summed E-state index contributed by atoms with van der Waals surface area (Å²) in [6, 6.07) is 13.2. The van der Waals surface area contributed by atoms with Crippen LogP contribution in [0.5, 0.6) is 11.5 Å². The van der Waals surface area contributed by atoms with Crippen molar-refractivity contribution >= 4 is 34.0 Å². The van der Waals surface area contributed by atoms with Crippen molar-refractivity contribution in [1.29, 1.82) is 0 Å². The fourth-order valence-electron chi connectivity index (χ4n) is 4.01. The summed E-state index contributed by atoms with van der Waals surface area (Å²) in [5, 5.41) is 4.03. The number of halogens is 2. The highest BCUT2D eigenvalue weighted by atomic mass is 19.3. The molecule has 2 aromatic carbocycles. The van der Waals surface area contributed by atoms with E-state index in [4.69, 9.17) is 4.74 Å². The number of hydrogen-bond donors (Lipinski definition) is 1. The largest absolute Gasteiger partial charge is 0.457 e. The van der Waals surface area contributed by atoms with E-state index in [2.05, 4.69) is 21.9 Å². The molecule has 1 saturated heterocycles. The average Bonchev–Trinajstić information content (AvgIpc) is 3.18. The second-order valence-electron chi connectivity index (χ2n) is 8.33. The summed E-state index contributed by atoms with van der Waals surface area (Å²) in [7, 11) is 0. The molecule has 36 heavy (non-hydrogen) atoms. The van der Waals surface area contributed by atoms with Gasteiger partial charge in [-0.2, -0.15) is 8.78 Å². The van der Waals surface area contributed by atoms with Crippen LogP contribution in [0, 0.1) is 6.92 Å². The molecular formula is C26H21F2N5O3. The van der Waals surface area contributed by atoms with Crippen molar-refractivity contribution in [2.75, 3.05) is 16.8 Å². The normalized spacial score (nSPS) is 13.6. The Morgan fingerprint density at radius 1 is 1.08 bits per heavy atom. The Kier molecular flexibility index (Phi) is 5.93. The van der Waals surface area contributed by atoms with Gasteiger partial charge in [0.05, 0.1) is 5.52 Å². The fourth-order valence-corrected chi connectivity index (χ4v) is 4.01. The molecule has 2 aromatic heterocycles. The SMILES string of the molecule is C=C1CCN(c2ccc3ncnc(Nc4ccc(Oc5ccn(C(F)F)c(=O)c5)c(C)c4)c3c2)C1=O. The van der Waals surface area contributed by atoms with Gasteiger partial charge in [-0.05, 0) is 61.4 Å². The first-order valence-electron chi connectivity index (χ1n) is 11.1. The van der Waals surface area contributed by atoms with Crippen molar-refractivity contribution in [3.05, 3.63) is 89.1 Å². The summed E-state index contributed by atoms with van der Waals surface area (Å²) in [5.74, 6) is 1.11. The molecule has 3 heterocycles. The van der Waals surface area contributed by atoms with Crippen LogP contribution < -0.4 is 20.5 Å². The van der Waals surface area contributed by atoms with Crippen molar-refractivity contribution in [3.8, 4) is 11.5 Å². The molecule has 1 aliphatic heterocycles. The zero-order valence-electron chi connectivity index (χ0n) is 19.2. The summed E-state index contributed by atoms with van der Waals surface area (Å²) < 4.78 is 31.6. The van der Waals surface area contributed by atoms with E-state index in [1.54, 1.807) is 17.0 Å². The molecule has 0 aliphatic carbocycles. The molecule has 4 aromatic rings. The van der Waals surface area contributed by atoms with Gasteiger partial charge in [-0.1, -0.05) is 6.58 Å². The number of fused-ring (bicyclic) bond motifs is 1. The second kappa shape index (κ2) is 9.21. The lowest BCUT2D eigenvalue weighted by Crippen LogP contribution is -2.24. The third-order valence-electron chi connectivity index (χ3n) is 5.91. The third-order valence-corrected chi connectivity index (χ3v) is 5.91. The van der Waals surface area contributed by atoms with Gasteiger partial charge < -0.3 is 15.0 Å². The minimum Gasteiger partial charge on any atom is -0.457 e. The topological polar surface area (TPSA) is 89.3 Å². The highest BCUT2D eigenvalue weighted by molar-refractivity contribution is 6.08. The van der Waals surface area contributed by atoms with Gasteiger partial charge in [0.15, 0.2) is 0 Å². The predicted octanol–water partition coefficient (Wildman–Crippen LogP) is 5.32. The lowest BCUT2D eigenvalue weighted by atomic mass is 10.1. The number of carbonyl (C=O) groups is 1. The highest BCUT2D eigenvalue weighted by Crippen LogP contribution is 2.32. The van der Waals surface area contributed by atoms with Gasteiger partial charge in [0.2, 0.25) is 0 Å². The van der Waals surface area contributed by atoms with Gasteiger partial charge in [0.1, 0.15) is 23.6 Å². The molecule has 1 fully saturated rings. The monoisotopic (exact) mass is 489 g/mol. The van der Waals surface area contributed by atoms with E-state index in [0.29, 0.717) is 34.7 Å². The van der Waals surface area contributed by atoms with Crippen LogP contribution in [0.4, 0.5) is 26.0 Å². The number of anilines is 3. The Morgan fingerprint density at radius 3 is 2.61 bits per heavy atom. The molecule has 5 rings (SSSR count). The van der Waals surface area contributed by atoms with Gasteiger partial charge in [-0.3, -0.25) is 14.2 Å². The van der Waals surface area contributed by atoms with E-state index in [1.807, 2.05) is 31.2 Å². The first-order chi connectivity index (χ1) is 17.3. The van der Waals surface area contributed by atoms with Crippen LogP contribution in [-0.2, 0) is 4.79 Å². The second-order valence-corrected chi connectivity index (χ2v) is 8.33. The Balaban J connectivity index is 1.40. The quantitative estimate of drug-likeness (QED) is 0.369. The number of pyridine rings is 1. The van der Waals surface area contributed by atoms with Crippen LogP contribution in [-0.4, -0.2) is 27.0 Å². The Bertz CT molecular complexity index is 1570. The lowest BCUT2D eigenvalue weighted by Gasteiger charge is -2.17. The van der Waals surface area contributed by atoms with Gasteiger partial charge in [-0.25, -0.2) is 9.97 Å². The molecule has 0 spiro atoms. The van der Waals surface area contributed by atoms with Crippen LogP contribution >= 0.6 is 0 Å². The third kappa shape index (κ3) is 4.40. The molecule has 8 nitrogen and oxygen atoms in total. The summed E-state index contributed by atoms with van der Waals surface area (Å²) >= 11 is 0. The Labute approximate surface area is 204 Å². The molecule has 0 unspecified atom stereocenters. The maximum Gasteiger partial charge on any atom is 0.321 e. The smallest absolute Gasteiger partial charge is 0.321 e. The molecule has 0 atom stereocenters. The number of aryl methyl sites for hydroxylation is 1. The molecular weight excluding hydrogens is 468 g/mol. The first kappa shape index (κ1) is 23.2. The molecule has 1 N–H and O–H groups in total. The molecule has 1 aliphatic rings. The number of rotatable bonds is 6. The number of nitrogens with zero attached hydrogens (tertiary/aromatic N) is 4. The van der Waals surface area contributed by atoms with E-state index in [-0.39, 0.29) is 11.7 Å². The maximum absolute atomic E-state index is 12.8. The first-order valence-corrected chi connectivity index (χ1v) is 11.1. The number of hydrogen-bond acceptors (Lipinski definition) is 6. The molecule has 0 bridgehead atoms. The van der Waals surface area contributed by atoms with E-state index in [0.717, 1.165) is 40.1 Å². The number of benzene rings is 2. The summed E-state index contributed by atoms with van der Waals surface area (Å²) in [4.78, 5) is 34.6. The van der Waals surface area contributed by atoms with Gasteiger partial charge in [0.25, 0.3) is 11.5 Å². The minimum absolute atomic E-state index is 0.0848. The van der Waals surface area contributed by atoms with Gasteiger partial charge >= 0.3 is 6.55 Å². The Hall–Kier alpha value is -4.60. The van der Waals surface area contributed by atoms with E-state index >= 15 is 0 Å². The highest BCUT2D eigenvalue weighted by Gasteiger charge is 2.25. The van der Waals surface area contributed by atoms with E-state index < -0.39 is 12.1 Å². The van der Waals surface area contributed by atoms with E-state index in [9.17, 15) is 18.4 Å². The molecule has 182 valence electrons. The number of alkyl halides is 2. The van der Waals surface area contributed by atoms with Crippen LogP contribution in [0.25, 0.3) is 10.9 Å². The van der Waals surface area contributed by atoms with Crippen LogP contribution in [0.2, 0.25) is 0 Å². The van der Waals surface area contributed by atoms with Crippen molar-refractivity contribution in [3.63, 3.8) is 0 Å². The summed E-state index contributed by atoms with van der Waals surface area (Å²) in [6.07, 6.45) is 3.08. The predicted molar refractivity (Wildman–Crippen MR) is 132 cm³/mol. The number of ether oxygens (including phenoxy) is 1. The lowest BCUT2D eigenvalue weighted by molar-refractivity contribution is -0.114. The average molecular weight is 489 g/mol. The van der Waals surface area contributed by atoms with Crippen LogP contribution in [0.1, 0.15) is 18.5 Å². The Morgan fingerprint density at radius 2 is 1.92 bits per heavy atom. The van der Waals surface area contributed by atoms with Crippen LogP contribution in [0.3, 0.4) is 0 Å². The maximum atomic E-state index is 12.8. The van der Waals surface area contributed by atoms with Crippen molar-refractivity contribution in [2.45, 2.75) is 19.9 Å².